The van der Waals surface area contributed by atoms with Crippen LogP contribution in [0.1, 0.15) is 0 Å². The van der Waals surface area contributed by atoms with Gasteiger partial charge in [0, 0.05) is 11.8 Å². The minimum atomic E-state index is -1.000. The Morgan fingerprint density at radius 2 is 1.48 bits per heavy atom. The van der Waals surface area contributed by atoms with Crippen LogP contribution in [0.3, 0.4) is 0 Å². The molecule has 2 rings (SSSR count). The van der Waals surface area contributed by atoms with Crippen LogP contribution in [-0.4, -0.2) is 24.4 Å². The lowest BCUT2D eigenvalue weighted by atomic mass is 10.3. The Balaban J connectivity index is 1.77. The summed E-state index contributed by atoms with van der Waals surface area (Å²) >= 11 is 0. The number of ether oxygens (including phenoxy) is 2. The van der Waals surface area contributed by atoms with Crippen LogP contribution in [0.5, 0.6) is 11.5 Å². The van der Waals surface area contributed by atoms with Gasteiger partial charge in [-0.15, -0.1) is 0 Å². The van der Waals surface area contributed by atoms with Crippen molar-refractivity contribution in [3.05, 3.63) is 54.1 Å². The molecular formula is C15H15F2NO3. The molecular weight excluding hydrogens is 280 g/mol. The average Bonchev–Trinajstić information content (AvgIpc) is 2.48. The Morgan fingerprint density at radius 1 is 0.905 bits per heavy atom. The summed E-state index contributed by atoms with van der Waals surface area (Å²) in [5.41, 5.74) is 6.15. The number of benzene rings is 2. The van der Waals surface area contributed by atoms with E-state index in [1.54, 1.807) is 24.3 Å². The molecule has 0 aromatic heterocycles. The van der Waals surface area contributed by atoms with E-state index >= 15 is 0 Å². The highest BCUT2D eigenvalue weighted by atomic mass is 19.2. The molecule has 0 amide bonds. The number of hydrogen-bond donors (Lipinski definition) is 2. The summed E-state index contributed by atoms with van der Waals surface area (Å²) in [5, 5.41) is 9.71. The van der Waals surface area contributed by atoms with E-state index in [4.69, 9.17) is 15.2 Å². The smallest absolute Gasteiger partial charge is 0.162 e. The summed E-state index contributed by atoms with van der Waals surface area (Å²) in [4.78, 5) is 0. The molecule has 21 heavy (non-hydrogen) atoms. The number of nitrogens with two attached hydrogens (primary N) is 1. The Hall–Kier alpha value is -2.34. The third-order valence-electron chi connectivity index (χ3n) is 2.66. The lowest BCUT2D eigenvalue weighted by molar-refractivity contribution is 0.0625. The van der Waals surface area contributed by atoms with Crippen molar-refractivity contribution in [2.24, 2.45) is 0 Å². The molecule has 0 radical (unpaired) electrons. The van der Waals surface area contributed by atoms with Crippen LogP contribution in [0.4, 0.5) is 14.5 Å². The fourth-order valence-electron chi connectivity index (χ4n) is 1.56. The van der Waals surface area contributed by atoms with Crippen molar-refractivity contribution >= 4 is 5.69 Å². The summed E-state index contributed by atoms with van der Waals surface area (Å²) in [6, 6.07) is 9.88. The third-order valence-corrected chi connectivity index (χ3v) is 2.66. The molecule has 2 aromatic rings. The van der Waals surface area contributed by atoms with Crippen LogP contribution in [0.15, 0.2) is 42.5 Å². The predicted octanol–water partition coefficient (Wildman–Crippen LogP) is 2.37. The van der Waals surface area contributed by atoms with Crippen LogP contribution < -0.4 is 15.2 Å². The minimum absolute atomic E-state index is 0.00753. The molecule has 0 bridgehead atoms. The van der Waals surface area contributed by atoms with E-state index in [1.165, 1.54) is 6.07 Å². The van der Waals surface area contributed by atoms with Crippen LogP contribution in [0.25, 0.3) is 0 Å². The van der Waals surface area contributed by atoms with E-state index in [1.807, 2.05) is 0 Å². The highest BCUT2D eigenvalue weighted by molar-refractivity contribution is 5.41. The first-order valence-corrected chi connectivity index (χ1v) is 6.29. The van der Waals surface area contributed by atoms with Crippen LogP contribution in [0, 0.1) is 11.6 Å². The van der Waals surface area contributed by atoms with Gasteiger partial charge < -0.3 is 20.3 Å². The second kappa shape index (κ2) is 6.90. The van der Waals surface area contributed by atoms with Crippen molar-refractivity contribution in [3.63, 3.8) is 0 Å². The van der Waals surface area contributed by atoms with Crippen molar-refractivity contribution in [2.75, 3.05) is 18.9 Å². The largest absolute Gasteiger partial charge is 0.491 e. The van der Waals surface area contributed by atoms with Crippen LogP contribution in [-0.2, 0) is 0 Å². The maximum Gasteiger partial charge on any atom is 0.162 e. The first-order chi connectivity index (χ1) is 10.0. The van der Waals surface area contributed by atoms with Crippen molar-refractivity contribution in [2.45, 2.75) is 6.10 Å². The number of halogens is 2. The zero-order valence-electron chi connectivity index (χ0n) is 11.1. The third kappa shape index (κ3) is 4.61. The van der Waals surface area contributed by atoms with Gasteiger partial charge in [-0.05, 0) is 36.4 Å². The molecule has 0 heterocycles. The van der Waals surface area contributed by atoms with E-state index < -0.39 is 17.7 Å². The Morgan fingerprint density at radius 3 is 2.10 bits per heavy atom. The van der Waals surface area contributed by atoms with Gasteiger partial charge in [-0.25, -0.2) is 8.78 Å². The van der Waals surface area contributed by atoms with E-state index in [-0.39, 0.29) is 19.0 Å². The van der Waals surface area contributed by atoms with Crippen molar-refractivity contribution < 1.29 is 23.4 Å². The molecule has 0 saturated heterocycles. The zero-order valence-corrected chi connectivity index (χ0v) is 11.1. The SMILES string of the molecule is Nc1ccc(OCC(O)COc2ccc(F)c(F)c2)cc1. The summed E-state index contributed by atoms with van der Waals surface area (Å²) < 4.78 is 36.2. The number of hydrogen-bond acceptors (Lipinski definition) is 4. The molecule has 4 nitrogen and oxygen atoms in total. The number of aliphatic hydroxyl groups excluding tert-OH is 1. The summed E-state index contributed by atoms with van der Waals surface area (Å²) in [5.74, 6) is -1.24. The molecule has 0 aliphatic rings. The van der Waals surface area contributed by atoms with Crippen molar-refractivity contribution in [1.29, 1.82) is 0 Å². The molecule has 1 atom stereocenters. The van der Waals surface area contributed by atoms with Crippen LogP contribution >= 0.6 is 0 Å². The fourth-order valence-corrected chi connectivity index (χ4v) is 1.56. The maximum atomic E-state index is 13.0. The number of aliphatic hydroxyl groups is 1. The van der Waals surface area contributed by atoms with Gasteiger partial charge in [0.25, 0.3) is 0 Å². The van der Waals surface area contributed by atoms with Gasteiger partial charge in [-0.3, -0.25) is 0 Å². The Kier molecular flexibility index (Phi) is 4.94. The standard InChI is InChI=1S/C15H15F2NO3/c16-14-6-5-13(7-15(14)17)21-9-11(19)8-20-12-3-1-10(18)2-4-12/h1-7,11,19H,8-9,18H2. The monoisotopic (exact) mass is 295 g/mol. The summed E-state index contributed by atoms with van der Waals surface area (Å²) in [6.45, 7) is -0.0896. The van der Waals surface area contributed by atoms with Gasteiger partial charge >= 0.3 is 0 Å². The maximum absolute atomic E-state index is 13.0. The van der Waals surface area contributed by atoms with Crippen LogP contribution in [0.2, 0.25) is 0 Å². The molecule has 2 aromatic carbocycles. The van der Waals surface area contributed by atoms with E-state index in [0.29, 0.717) is 11.4 Å². The minimum Gasteiger partial charge on any atom is -0.491 e. The molecule has 0 fully saturated rings. The zero-order chi connectivity index (χ0) is 15.2. The lowest BCUT2D eigenvalue weighted by Crippen LogP contribution is -2.25. The predicted molar refractivity (Wildman–Crippen MR) is 74.2 cm³/mol. The topological polar surface area (TPSA) is 64.7 Å². The second-order valence-corrected chi connectivity index (χ2v) is 4.42. The molecule has 0 spiro atoms. The molecule has 6 heteroatoms. The van der Waals surface area contributed by atoms with Gasteiger partial charge in [0.1, 0.15) is 30.8 Å². The van der Waals surface area contributed by atoms with Gasteiger partial charge in [0.05, 0.1) is 0 Å². The molecule has 0 saturated carbocycles. The Labute approximate surface area is 120 Å². The number of rotatable bonds is 6. The number of nitrogen functional groups attached to an aromatic ring is 1. The number of anilines is 1. The summed E-state index contributed by atoms with van der Waals surface area (Å²) in [7, 11) is 0. The average molecular weight is 295 g/mol. The molecule has 0 aliphatic heterocycles. The fraction of sp³-hybridized carbons (Fsp3) is 0.200. The van der Waals surface area contributed by atoms with Gasteiger partial charge in [0.15, 0.2) is 11.6 Å². The first-order valence-electron chi connectivity index (χ1n) is 6.29. The van der Waals surface area contributed by atoms with Gasteiger partial charge in [-0.2, -0.15) is 0 Å². The van der Waals surface area contributed by atoms with Crippen molar-refractivity contribution in [3.8, 4) is 11.5 Å². The molecule has 112 valence electrons. The molecule has 1 unspecified atom stereocenters. The highest BCUT2D eigenvalue weighted by Crippen LogP contribution is 2.16. The quantitative estimate of drug-likeness (QED) is 0.803. The van der Waals surface area contributed by atoms with E-state index in [0.717, 1.165) is 12.1 Å². The first kappa shape index (κ1) is 15.1. The van der Waals surface area contributed by atoms with Crippen molar-refractivity contribution in [1.82, 2.24) is 0 Å². The summed E-state index contributed by atoms with van der Waals surface area (Å²) in [6.07, 6.45) is -0.907. The van der Waals surface area contributed by atoms with E-state index in [9.17, 15) is 13.9 Å². The molecule has 0 aliphatic carbocycles. The molecule has 3 N–H and O–H groups in total. The second-order valence-electron chi connectivity index (χ2n) is 4.42. The van der Waals surface area contributed by atoms with Gasteiger partial charge in [0.2, 0.25) is 0 Å². The van der Waals surface area contributed by atoms with Gasteiger partial charge in [-0.1, -0.05) is 0 Å². The normalized spacial score (nSPS) is 12.0. The highest BCUT2D eigenvalue weighted by Gasteiger charge is 2.08. The lowest BCUT2D eigenvalue weighted by Gasteiger charge is -2.13. The van der Waals surface area contributed by atoms with E-state index in [2.05, 4.69) is 0 Å². The Bertz CT molecular complexity index is 590.